The van der Waals surface area contributed by atoms with Gasteiger partial charge in [-0.25, -0.2) is 4.39 Å². The molecule has 0 saturated carbocycles. The second-order valence-corrected chi connectivity index (χ2v) is 5.39. The fourth-order valence-corrected chi connectivity index (χ4v) is 2.46. The first kappa shape index (κ1) is 15.0. The summed E-state index contributed by atoms with van der Waals surface area (Å²) in [6.45, 7) is 2.06. The quantitative estimate of drug-likeness (QED) is 0.922. The summed E-state index contributed by atoms with van der Waals surface area (Å²) in [5.41, 5.74) is 8.80. The van der Waals surface area contributed by atoms with Crippen LogP contribution >= 0.6 is 11.6 Å². The highest BCUT2D eigenvalue weighted by molar-refractivity contribution is 6.30. The van der Waals surface area contributed by atoms with E-state index in [-0.39, 0.29) is 16.9 Å². The fraction of sp³-hybridized carbons (Fsp3) is 0.400. The number of aromatic nitrogens is 2. The smallest absolute Gasteiger partial charge is 0.145 e. The minimum Gasteiger partial charge on any atom is -0.327 e. The van der Waals surface area contributed by atoms with E-state index in [0.29, 0.717) is 18.4 Å². The average Bonchev–Trinajstić information content (AvgIpc) is 2.76. The molecule has 5 heteroatoms. The van der Waals surface area contributed by atoms with E-state index in [2.05, 4.69) is 12.0 Å². The fourth-order valence-electron chi connectivity index (χ4n) is 2.26. The van der Waals surface area contributed by atoms with E-state index >= 15 is 0 Å². The van der Waals surface area contributed by atoms with Crippen LogP contribution in [0.3, 0.4) is 0 Å². The van der Waals surface area contributed by atoms with Gasteiger partial charge in [0.15, 0.2) is 0 Å². The number of benzene rings is 1. The molecule has 0 aliphatic rings. The van der Waals surface area contributed by atoms with Crippen LogP contribution in [0.4, 0.5) is 4.39 Å². The van der Waals surface area contributed by atoms with Crippen molar-refractivity contribution in [2.24, 2.45) is 12.8 Å². The Bertz CT molecular complexity index is 595. The van der Waals surface area contributed by atoms with Gasteiger partial charge in [0.2, 0.25) is 0 Å². The average molecular weight is 296 g/mol. The molecule has 0 aliphatic carbocycles. The first-order chi connectivity index (χ1) is 9.51. The van der Waals surface area contributed by atoms with Gasteiger partial charge in [0.05, 0.1) is 10.7 Å². The van der Waals surface area contributed by atoms with Gasteiger partial charge in [0.1, 0.15) is 5.82 Å². The molecule has 20 heavy (non-hydrogen) atoms. The monoisotopic (exact) mass is 295 g/mol. The summed E-state index contributed by atoms with van der Waals surface area (Å²) in [5, 5.41) is 4.53. The van der Waals surface area contributed by atoms with Crippen LogP contribution in [-0.4, -0.2) is 15.8 Å². The molecule has 0 radical (unpaired) electrons. The van der Waals surface area contributed by atoms with Crippen molar-refractivity contribution in [3.05, 3.63) is 52.1 Å². The summed E-state index contributed by atoms with van der Waals surface area (Å²) >= 11 is 5.77. The minimum atomic E-state index is -0.371. The number of rotatable bonds is 5. The number of nitrogens with two attached hydrogens (primary N) is 1. The Morgan fingerprint density at radius 2 is 2.15 bits per heavy atom. The van der Waals surface area contributed by atoms with Gasteiger partial charge >= 0.3 is 0 Å². The molecule has 1 heterocycles. The molecular formula is C15H19ClFN3. The number of nitrogens with zero attached hydrogens (tertiary/aromatic N) is 2. The van der Waals surface area contributed by atoms with Gasteiger partial charge in [-0.15, -0.1) is 0 Å². The minimum absolute atomic E-state index is 0.142. The van der Waals surface area contributed by atoms with E-state index < -0.39 is 0 Å². The number of aryl methyl sites for hydroxylation is 2. The molecule has 1 unspecified atom stereocenters. The maximum absolute atomic E-state index is 13.8. The summed E-state index contributed by atoms with van der Waals surface area (Å²) in [6, 6.07) is 6.89. The lowest BCUT2D eigenvalue weighted by Crippen LogP contribution is -2.27. The summed E-state index contributed by atoms with van der Waals surface area (Å²) in [4.78, 5) is 0. The van der Waals surface area contributed by atoms with Gasteiger partial charge < -0.3 is 5.73 Å². The van der Waals surface area contributed by atoms with Crippen molar-refractivity contribution < 1.29 is 4.39 Å². The Balaban J connectivity index is 2.06. The van der Waals surface area contributed by atoms with Crippen molar-refractivity contribution >= 4 is 11.6 Å². The molecule has 3 nitrogen and oxygen atoms in total. The molecule has 108 valence electrons. The second kappa shape index (κ2) is 6.37. The number of hydrogen-bond acceptors (Lipinski definition) is 2. The summed E-state index contributed by atoms with van der Waals surface area (Å²) in [5.74, 6) is -0.371. The highest BCUT2D eigenvalue weighted by Gasteiger charge is 2.13. The molecule has 0 saturated heterocycles. The van der Waals surface area contributed by atoms with Crippen molar-refractivity contribution in [2.75, 3.05) is 0 Å². The van der Waals surface area contributed by atoms with Crippen molar-refractivity contribution in [1.29, 1.82) is 0 Å². The Morgan fingerprint density at radius 1 is 1.40 bits per heavy atom. The van der Waals surface area contributed by atoms with Gasteiger partial charge in [-0.3, -0.25) is 4.68 Å². The van der Waals surface area contributed by atoms with Gasteiger partial charge in [0, 0.05) is 25.2 Å². The normalized spacial score (nSPS) is 12.7. The van der Waals surface area contributed by atoms with Crippen molar-refractivity contribution in [2.45, 2.75) is 32.2 Å². The zero-order chi connectivity index (χ0) is 14.7. The molecule has 2 N–H and O–H groups in total. The molecule has 1 aromatic carbocycles. The molecule has 0 amide bonds. The molecular weight excluding hydrogens is 277 g/mol. The molecule has 2 aromatic rings. The van der Waals surface area contributed by atoms with Gasteiger partial charge in [-0.05, 0) is 30.5 Å². The SMILES string of the molecule is CCc1cc(CC(N)Cc2cccc(Cl)c2F)n(C)n1. The van der Waals surface area contributed by atoms with E-state index in [1.165, 1.54) is 0 Å². The predicted molar refractivity (Wildman–Crippen MR) is 79.4 cm³/mol. The maximum Gasteiger partial charge on any atom is 0.145 e. The summed E-state index contributed by atoms with van der Waals surface area (Å²) in [6.07, 6.45) is 2.01. The van der Waals surface area contributed by atoms with Crippen molar-refractivity contribution in [3.8, 4) is 0 Å². The molecule has 1 atom stereocenters. The van der Waals surface area contributed by atoms with E-state index in [4.69, 9.17) is 17.3 Å². The van der Waals surface area contributed by atoms with Crippen LogP contribution in [0.25, 0.3) is 0 Å². The molecule has 0 aliphatic heterocycles. The largest absolute Gasteiger partial charge is 0.327 e. The van der Waals surface area contributed by atoms with Crippen LogP contribution in [0.5, 0.6) is 0 Å². The molecule has 2 rings (SSSR count). The molecule has 0 spiro atoms. The molecule has 0 bridgehead atoms. The highest BCUT2D eigenvalue weighted by Crippen LogP contribution is 2.19. The standard InChI is InChI=1S/C15H19ClFN3/c1-3-12-9-13(20(2)19-12)8-11(18)7-10-5-4-6-14(16)15(10)17/h4-6,9,11H,3,7-8,18H2,1-2H3. The zero-order valence-electron chi connectivity index (χ0n) is 11.7. The third-order valence-corrected chi connectivity index (χ3v) is 3.67. The Morgan fingerprint density at radius 3 is 2.80 bits per heavy atom. The molecule has 0 fully saturated rings. The van der Waals surface area contributed by atoms with Crippen molar-refractivity contribution in [3.63, 3.8) is 0 Å². The Kier molecular flexibility index (Phi) is 4.78. The Labute approximate surface area is 123 Å². The summed E-state index contributed by atoms with van der Waals surface area (Å²) < 4.78 is 15.7. The maximum atomic E-state index is 13.8. The van der Waals surface area contributed by atoms with Crippen LogP contribution in [-0.2, 0) is 26.3 Å². The number of hydrogen-bond donors (Lipinski definition) is 1. The lowest BCUT2D eigenvalue weighted by atomic mass is 10.0. The third-order valence-electron chi connectivity index (χ3n) is 3.37. The van der Waals surface area contributed by atoms with Crippen LogP contribution in [0.15, 0.2) is 24.3 Å². The van der Waals surface area contributed by atoms with Gasteiger partial charge in [-0.1, -0.05) is 30.7 Å². The summed E-state index contributed by atoms with van der Waals surface area (Å²) in [7, 11) is 1.90. The van der Waals surface area contributed by atoms with Gasteiger partial charge in [-0.2, -0.15) is 5.10 Å². The Hall–Kier alpha value is -1.39. The topological polar surface area (TPSA) is 43.8 Å². The van der Waals surface area contributed by atoms with Crippen LogP contribution in [0, 0.1) is 5.82 Å². The highest BCUT2D eigenvalue weighted by atomic mass is 35.5. The first-order valence-corrected chi connectivity index (χ1v) is 7.09. The molecule has 1 aromatic heterocycles. The van der Waals surface area contributed by atoms with E-state index in [1.807, 2.05) is 17.8 Å². The van der Waals surface area contributed by atoms with E-state index in [1.54, 1.807) is 18.2 Å². The van der Waals surface area contributed by atoms with E-state index in [0.717, 1.165) is 17.8 Å². The number of halogens is 2. The first-order valence-electron chi connectivity index (χ1n) is 6.71. The van der Waals surface area contributed by atoms with Crippen molar-refractivity contribution in [1.82, 2.24) is 9.78 Å². The van der Waals surface area contributed by atoms with Crippen LogP contribution < -0.4 is 5.73 Å². The lowest BCUT2D eigenvalue weighted by Gasteiger charge is -2.12. The van der Waals surface area contributed by atoms with E-state index in [9.17, 15) is 4.39 Å². The predicted octanol–water partition coefficient (Wildman–Crippen LogP) is 2.89. The lowest BCUT2D eigenvalue weighted by molar-refractivity contribution is 0.572. The third kappa shape index (κ3) is 3.38. The zero-order valence-corrected chi connectivity index (χ0v) is 12.5. The second-order valence-electron chi connectivity index (χ2n) is 4.99. The van der Waals surface area contributed by atoms with Crippen LogP contribution in [0.2, 0.25) is 5.02 Å². The van der Waals surface area contributed by atoms with Gasteiger partial charge in [0.25, 0.3) is 0 Å². The van der Waals surface area contributed by atoms with Crippen LogP contribution in [0.1, 0.15) is 23.9 Å².